The average molecular weight is 702 g/mol. The summed E-state index contributed by atoms with van der Waals surface area (Å²) in [4.78, 5) is 10.5. The van der Waals surface area contributed by atoms with Crippen molar-refractivity contribution in [2.45, 2.75) is 0 Å². The molecule has 0 amide bonds. The first-order valence-electron chi connectivity index (χ1n) is 18.7. The standard InChI is InChI=1S/C50H31N5/c1-2-12-32(13-3-1)33-22-26-36(27-23-33)53-44-19-9-5-14-37(44)39-28-24-35(31-48(39)53)34-25-29-46-41(30-34)38-15-6-10-20-45(38)54(46)50-52-42-17-7-4-16-40(42)49-51-43-18-8-11-21-47(43)55(49)50/h1-31H. The van der Waals surface area contributed by atoms with Crippen LogP contribution in [-0.4, -0.2) is 23.5 Å². The number of aromatic nitrogens is 5. The lowest BCUT2D eigenvalue weighted by Gasteiger charge is -2.13. The normalized spacial score (nSPS) is 12.0. The molecule has 4 heterocycles. The highest BCUT2D eigenvalue weighted by Gasteiger charge is 2.21. The minimum atomic E-state index is 0.825. The van der Waals surface area contributed by atoms with Gasteiger partial charge in [-0.3, -0.25) is 8.97 Å². The highest BCUT2D eigenvalue weighted by atomic mass is 15.2. The Hall–Kier alpha value is -7.50. The average Bonchev–Trinajstić information content (AvgIpc) is 3.92. The summed E-state index contributed by atoms with van der Waals surface area (Å²) in [5.41, 5.74) is 14.3. The number of para-hydroxylation sites is 5. The van der Waals surface area contributed by atoms with E-state index in [1.54, 1.807) is 0 Å². The number of fused-ring (bicyclic) bond motifs is 11. The zero-order chi connectivity index (χ0) is 36.0. The van der Waals surface area contributed by atoms with Crippen LogP contribution < -0.4 is 0 Å². The molecule has 0 aliphatic rings. The van der Waals surface area contributed by atoms with Gasteiger partial charge in [0.2, 0.25) is 5.95 Å². The minimum absolute atomic E-state index is 0.825. The second kappa shape index (κ2) is 11.5. The maximum atomic E-state index is 5.35. The molecular formula is C50H31N5. The van der Waals surface area contributed by atoms with E-state index in [2.05, 4.69) is 189 Å². The molecule has 4 aromatic heterocycles. The van der Waals surface area contributed by atoms with Gasteiger partial charge in [0.1, 0.15) is 5.65 Å². The predicted octanol–water partition coefficient (Wildman–Crippen LogP) is 12.6. The van der Waals surface area contributed by atoms with Gasteiger partial charge in [-0.1, -0.05) is 121 Å². The predicted molar refractivity (Wildman–Crippen MR) is 228 cm³/mol. The number of hydrogen-bond donors (Lipinski definition) is 0. The van der Waals surface area contributed by atoms with Crippen LogP contribution in [0.4, 0.5) is 0 Å². The third kappa shape index (κ3) is 4.41. The first-order chi connectivity index (χ1) is 27.3. The van der Waals surface area contributed by atoms with Crippen molar-refractivity contribution in [2.24, 2.45) is 0 Å². The number of nitrogens with zero attached hydrogens (tertiary/aromatic N) is 5. The lowest BCUT2D eigenvalue weighted by Crippen LogP contribution is -2.06. The summed E-state index contributed by atoms with van der Waals surface area (Å²) in [6.45, 7) is 0. The topological polar surface area (TPSA) is 40.0 Å². The van der Waals surface area contributed by atoms with E-state index in [0.717, 1.165) is 50.3 Å². The fraction of sp³-hybridized carbons (Fsp3) is 0. The van der Waals surface area contributed by atoms with Crippen molar-refractivity contribution in [1.82, 2.24) is 23.5 Å². The third-order valence-electron chi connectivity index (χ3n) is 11.2. The van der Waals surface area contributed by atoms with Gasteiger partial charge >= 0.3 is 0 Å². The Kier molecular flexibility index (Phi) is 6.27. The molecule has 12 rings (SSSR count). The fourth-order valence-corrected chi connectivity index (χ4v) is 8.71. The molecular weight excluding hydrogens is 671 g/mol. The quantitative estimate of drug-likeness (QED) is 0.183. The first kappa shape index (κ1) is 30.0. The van der Waals surface area contributed by atoms with Crippen molar-refractivity contribution in [1.29, 1.82) is 0 Å². The SMILES string of the molecule is c1ccc(-c2ccc(-n3c4ccccc4c4ccc(-c5ccc6c(c5)c5ccccc5n6-c5nc6ccccc6c6nc7ccccc7n56)cc43)cc2)cc1. The zero-order valence-electron chi connectivity index (χ0n) is 29.6. The van der Waals surface area contributed by atoms with Gasteiger partial charge in [0, 0.05) is 32.6 Å². The molecule has 0 saturated heterocycles. The summed E-state index contributed by atoms with van der Waals surface area (Å²) in [5, 5.41) is 5.88. The monoisotopic (exact) mass is 701 g/mol. The van der Waals surface area contributed by atoms with E-state index >= 15 is 0 Å². The molecule has 55 heavy (non-hydrogen) atoms. The molecule has 256 valence electrons. The van der Waals surface area contributed by atoms with E-state index < -0.39 is 0 Å². The van der Waals surface area contributed by atoms with Gasteiger partial charge in [0.25, 0.3) is 0 Å². The Morgan fingerprint density at radius 1 is 0.309 bits per heavy atom. The van der Waals surface area contributed by atoms with Crippen molar-refractivity contribution >= 4 is 71.2 Å². The molecule has 0 atom stereocenters. The van der Waals surface area contributed by atoms with Gasteiger partial charge in [-0.2, -0.15) is 0 Å². The van der Waals surface area contributed by atoms with Crippen molar-refractivity contribution in [3.8, 4) is 33.9 Å². The Balaban J connectivity index is 1.07. The van der Waals surface area contributed by atoms with Crippen LogP contribution in [0.15, 0.2) is 188 Å². The highest BCUT2D eigenvalue weighted by molar-refractivity contribution is 6.12. The van der Waals surface area contributed by atoms with Crippen LogP contribution in [0.5, 0.6) is 0 Å². The van der Waals surface area contributed by atoms with Crippen LogP contribution in [0.2, 0.25) is 0 Å². The Labute approximate surface area is 315 Å². The second-order valence-electron chi connectivity index (χ2n) is 14.3. The van der Waals surface area contributed by atoms with E-state index in [0.29, 0.717) is 0 Å². The lowest BCUT2D eigenvalue weighted by molar-refractivity contribution is 0.979. The summed E-state index contributed by atoms with van der Waals surface area (Å²) in [6.07, 6.45) is 0. The maximum Gasteiger partial charge on any atom is 0.221 e. The number of rotatable bonds is 4. The summed E-state index contributed by atoms with van der Waals surface area (Å²) in [7, 11) is 0. The number of hydrogen-bond acceptors (Lipinski definition) is 2. The van der Waals surface area contributed by atoms with Crippen molar-refractivity contribution in [3.05, 3.63) is 188 Å². The summed E-state index contributed by atoms with van der Waals surface area (Å²) < 4.78 is 6.93. The Morgan fingerprint density at radius 2 is 0.855 bits per heavy atom. The third-order valence-corrected chi connectivity index (χ3v) is 11.2. The largest absolute Gasteiger partial charge is 0.309 e. The molecule has 0 unspecified atom stereocenters. The van der Waals surface area contributed by atoms with Gasteiger partial charge in [0.05, 0.1) is 38.6 Å². The van der Waals surface area contributed by atoms with Crippen molar-refractivity contribution < 1.29 is 0 Å². The summed E-state index contributed by atoms with van der Waals surface area (Å²) in [6, 6.07) is 67.3. The summed E-state index contributed by atoms with van der Waals surface area (Å²) in [5.74, 6) is 0.825. The molecule has 0 aliphatic carbocycles. The van der Waals surface area contributed by atoms with Crippen LogP contribution in [0.3, 0.4) is 0 Å². The summed E-state index contributed by atoms with van der Waals surface area (Å²) >= 11 is 0. The minimum Gasteiger partial charge on any atom is -0.309 e. The molecule has 0 bridgehead atoms. The van der Waals surface area contributed by atoms with Crippen LogP contribution in [0.25, 0.3) is 105 Å². The van der Waals surface area contributed by atoms with Gasteiger partial charge < -0.3 is 4.57 Å². The van der Waals surface area contributed by atoms with Crippen LogP contribution in [0, 0.1) is 0 Å². The molecule has 0 aliphatic heterocycles. The molecule has 0 fully saturated rings. The molecule has 12 aromatic rings. The lowest BCUT2D eigenvalue weighted by atomic mass is 10.0. The van der Waals surface area contributed by atoms with Crippen molar-refractivity contribution in [3.63, 3.8) is 0 Å². The first-order valence-corrected chi connectivity index (χ1v) is 18.7. The molecule has 5 heteroatoms. The number of imidazole rings is 1. The van der Waals surface area contributed by atoms with Crippen LogP contribution in [0.1, 0.15) is 0 Å². The smallest absolute Gasteiger partial charge is 0.221 e. The van der Waals surface area contributed by atoms with Gasteiger partial charge in [-0.15, -0.1) is 0 Å². The second-order valence-corrected chi connectivity index (χ2v) is 14.3. The Morgan fingerprint density at radius 3 is 1.65 bits per heavy atom. The molecule has 0 saturated carbocycles. The highest BCUT2D eigenvalue weighted by Crippen LogP contribution is 2.39. The Bertz CT molecular complexity index is 3480. The van der Waals surface area contributed by atoms with Gasteiger partial charge in [0.15, 0.2) is 0 Å². The van der Waals surface area contributed by atoms with E-state index in [9.17, 15) is 0 Å². The van der Waals surface area contributed by atoms with Gasteiger partial charge in [-0.05, 0) is 89.0 Å². The van der Waals surface area contributed by atoms with E-state index in [-0.39, 0.29) is 0 Å². The molecule has 0 radical (unpaired) electrons. The fourth-order valence-electron chi connectivity index (χ4n) is 8.71. The van der Waals surface area contributed by atoms with Crippen LogP contribution >= 0.6 is 0 Å². The van der Waals surface area contributed by atoms with Crippen molar-refractivity contribution in [2.75, 3.05) is 0 Å². The molecule has 0 N–H and O–H groups in total. The molecule has 0 spiro atoms. The number of benzene rings is 8. The molecule has 8 aromatic carbocycles. The maximum absolute atomic E-state index is 5.35. The molecule has 5 nitrogen and oxygen atoms in total. The van der Waals surface area contributed by atoms with E-state index in [4.69, 9.17) is 9.97 Å². The van der Waals surface area contributed by atoms with Crippen LogP contribution in [-0.2, 0) is 0 Å². The zero-order valence-corrected chi connectivity index (χ0v) is 29.6. The van der Waals surface area contributed by atoms with E-state index in [1.165, 1.54) is 54.8 Å². The van der Waals surface area contributed by atoms with E-state index in [1.807, 2.05) is 12.1 Å². The van der Waals surface area contributed by atoms with Gasteiger partial charge in [-0.25, -0.2) is 9.97 Å².